The first-order valence-corrected chi connectivity index (χ1v) is 9.81. The third-order valence-corrected chi connectivity index (χ3v) is 6.24. The van der Waals surface area contributed by atoms with Crippen LogP contribution in [-0.4, -0.2) is 22.9 Å². The molecule has 5 rings (SSSR count). The lowest BCUT2D eigenvalue weighted by molar-refractivity contribution is 0.00578. The number of nitrogens with zero attached hydrogens (tertiary/aromatic N) is 1. The van der Waals surface area contributed by atoms with Crippen LogP contribution in [0.1, 0.15) is 27.7 Å². The Morgan fingerprint density at radius 1 is 0.750 bits per heavy atom. The SMILES string of the molecule is CC1(C)OB(c2cn(-c3ccccc3)c3cc4ccccc4cc23)OC1(C)C. The summed E-state index contributed by atoms with van der Waals surface area (Å²) in [6.45, 7) is 8.38. The van der Waals surface area contributed by atoms with Crippen molar-refractivity contribution in [1.29, 1.82) is 0 Å². The molecule has 4 aromatic rings. The van der Waals surface area contributed by atoms with Crippen LogP contribution < -0.4 is 5.46 Å². The number of benzene rings is 3. The predicted octanol–water partition coefficient (Wildman–Crippen LogP) is 5.08. The van der Waals surface area contributed by atoms with Gasteiger partial charge in [0.05, 0.1) is 16.7 Å². The minimum absolute atomic E-state index is 0.365. The molecule has 28 heavy (non-hydrogen) atoms. The van der Waals surface area contributed by atoms with E-state index in [1.54, 1.807) is 0 Å². The van der Waals surface area contributed by atoms with E-state index in [1.807, 2.05) is 6.07 Å². The van der Waals surface area contributed by atoms with Crippen LogP contribution in [0.3, 0.4) is 0 Å². The minimum atomic E-state index is -0.390. The first-order valence-electron chi connectivity index (χ1n) is 9.81. The van der Waals surface area contributed by atoms with Crippen molar-refractivity contribution in [3.63, 3.8) is 0 Å². The van der Waals surface area contributed by atoms with Crippen molar-refractivity contribution in [2.45, 2.75) is 38.9 Å². The van der Waals surface area contributed by atoms with Crippen molar-refractivity contribution >= 4 is 34.3 Å². The molecule has 1 fully saturated rings. The van der Waals surface area contributed by atoms with Crippen LogP contribution in [0.25, 0.3) is 27.4 Å². The van der Waals surface area contributed by atoms with Gasteiger partial charge in [-0.15, -0.1) is 0 Å². The van der Waals surface area contributed by atoms with Gasteiger partial charge in [0.1, 0.15) is 0 Å². The van der Waals surface area contributed by atoms with Crippen molar-refractivity contribution in [3.8, 4) is 5.69 Å². The molecule has 1 aliphatic rings. The van der Waals surface area contributed by atoms with E-state index in [1.165, 1.54) is 16.2 Å². The number of fused-ring (bicyclic) bond motifs is 2. The molecule has 1 aliphatic heterocycles. The summed E-state index contributed by atoms with van der Waals surface area (Å²) in [5.41, 5.74) is 2.63. The zero-order valence-electron chi connectivity index (χ0n) is 16.8. The van der Waals surface area contributed by atoms with Gasteiger partial charge in [-0.05, 0) is 62.7 Å². The number of rotatable bonds is 2. The highest BCUT2D eigenvalue weighted by Gasteiger charge is 2.52. The van der Waals surface area contributed by atoms with Gasteiger partial charge < -0.3 is 13.9 Å². The Morgan fingerprint density at radius 3 is 1.96 bits per heavy atom. The zero-order chi connectivity index (χ0) is 19.5. The second-order valence-electron chi connectivity index (χ2n) is 8.59. The van der Waals surface area contributed by atoms with Gasteiger partial charge >= 0.3 is 7.12 Å². The molecule has 2 heterocycles. The molecule has 0 N–H and O–H groups in total. The second kappa shape index (κ2) is 5.97. The number of hydrogen-bond donors (Lipinski definition) is 0. The van der Waals surface area contributed by atoms with E-state index in [4.69, 9.17) is 9.31 Å². The average molecular weight is 369 g/mol. The lowest BCUT2D eigenvalue weighted by Gasteiger charge is -2.32. The molecular weight excluding hydrogens is 345 g/mol. The Labute approximate surface area is 166 Å². The fourth-order valence-corrected chi connectivity index (χ4v) is 3.90. The van der Waals surface area contributed by atoms with E-state index in [0.29, 0.717) is 0 Å². The largest absolute Gasteiger partial charge is 0.497 e. The molecule has 1 saturated heterocycles. The first kappa shape index (κ1) is 17.5. The minimum Gasteiger partial charge on any atom is -0.399 e. The van der Waals surface area contributed by atoms with E-state index < -0.39 is 7.12 Å². The quantitative estimate of drug-likeness (QED) is 0.460. The molecule has 0 atom stereocenters. The van der Waals surface area contributed by atoms with Crippen LogP contribution in [0.2, 0.25) is 0 Å². The molecule has 3 nitrogen and oxygen atoms in total. The normalized spacial score (nSPS) is 18.2. The van der Waals surface area contributed by atoms with E-state index >= 15 is 0 Å². The van der Waals surface area contributed by atoms with Crippen LogP contribution in [0.4, 0.5) is 0 Å². The van der Waals surface area contributed by atoms with Gasteiger partial charge in [-0.25, -0.2) is 0 Å². The average Bonchev–Trinajstić information content (AvgIpc) is 3.14. The maximum Gasteiger partial charge on any atom is 0.497 e. The molecule has 0 spiro atoms. The zero-order valence-corrected chi connectivity index (χ0v) is 16.8. The first-order chi connectivity index (χ1) is 13.4. The van der Waals surface area contributed by atoms with Gasteiger partial charge in [0.15, 0.2) is 0 Å². The van der Waals surface area contributed by atoms with Crippen molar-refractivity contribution in [2.75, 3.05) is 0 Å². The van der Waals surface area contributed by atoms with Gasteiger partial charge in [-0.3, -0.25) is 0 Å². The number of para-hydroxylation sites is 1. The summed E-state index contributed by atoms with van der Waals surface area (Å²) in [5, 5.41) is 3.62. The topological polar surface area (TPSA) is 23.4 Å². The summed E-state index contributed by atoms with van der Waals surface area (Å²) < 4.78 is 15.0. The van der Waals surface area contributed by atoms with E-state index in [2.05, 4.69) is 99.1 Å². The number of aromatic nitrogens is 1. The van der Waals surface area contributed by atoms with Gasteiger partial charge in [-0.1, -0.05) is 42.5 Å². The monoisotopic (exact) mass is 369 g/mol. The maximum absolute atomic E-state index is 6.38. The molecule has 0 aliphatic carbocycles. The van der Waals surface area contributed by atoms with Crippen molar-refractivity contribution < 1.29 is 9.31 Å². The predicted molar refractivity (Wildman–Crippen MR) is 116 cm³/mol. The molecule has 4 heteroatoms. The Bertz CT molecular complexity index is 1160. The summed E-state index contributed by atoms with van der Waals surface area (Å²) in [7, 11) is -0.390. The summed E-state index contributed by atoms with van der Waals surface area (Å²) in [6.07, 6.45) is 2.17. The van der Waals surface area contributed by atoms with Crippen LogP contribution in [0, 0.1) is 0 Å². The standard InChI is InChI=1S/C24H24BNO2/c1-23(2)24(3,4)28-25(27-23)21-16-26(19-12-6-5-7-13-19)22-15-18-11-9-8-10-17(18)14-20(21)22/h5-16H,1-4H3. The molecule has 3 aromatic carbocycles. The summed E-state index contributed by atoms with van der Waals surface area (Å²) in [6, 6.07) is 23.4. The Kier molecular flexibility index (Phi) is 3.74. The molecule has 0 bridgehead atoms. The molecule has 0 unspecified atom stereocenters. The molecule has 0 radical (unpaired) electrons. The van der Waals surface area contributed by atoms with Crippen molar-refractivity contribution in [2.24, 2.45) is 0 Å². The molecule has 140 valence electrons. The van der Waals surface area contributed by atoms with Crippen LogP contribution in [0.5, 0.6) is 0 Å². The smallest absolute Gasteiger partial charge is 0.399 e. The third kappa shape index (κ3) is 2.60. The van der Waals surface area contributed by atoms with Gasteiger partial charge in [0.2, 0.25) is 0 Å². The Balaban J connectivity index is 1.77. The van der Waals surface area contributed by atoms with Gasteiger partial charge in [0, 0.05) is 22.7 Å². The summed E-state index contributed by atoms with van der Waals surface area (Å²) in [4.78, 5) is 0. The molecule has 0 amide bonds. The highest BCUT2D eigenvalue weighted by Crippen LogP contribution is 2.37. The lowest BCUT2D eigenvalue weighted by atomic mass is 9.78. The van der Waals surface area contributed by atoms with Crippen LogP contribution in [0.15, 0.2) is 72.9 Å². The highest BCUT2D eigenvalue weighted by molar-refractivity contribution is 6.65. The van der Waals surface area contributed by atoms with E-state index in [9.17, 15) is 0 Å². The molecule has 1 aromatic heterocycles. The second-order valence-corrected chi connectivity index (χ2v) is 8.59. The van der Waals surface area contributed by atoms with Gasteiger partial charge in [0.25, 0.3) is 0 Å². The highest BCUT2D eigenvalue weighted by atomic mass is 16.7. The Hall–Kier alpha value is -2.56. The lowest BCUT2D eigenvalue weighted by Crippen LogP contribution is -2.41. The summed E-state index contributed by atoms with van der Waals surface area (Å²) in [5.74, 6) is 0. The third-order valence-electron chi connectivity index (χ3n) is 6.24. The maximum atomic E-state index is 6.38. The molecule has 0 saturated carbocycles. The Morgan fingerprint density at radius 2 is 1.32 bits per heavy atom. The van der Waals surface area contributed by atoms with E-state index in [-0.39, 0.29) is 11.2 Å². The fourth-order valence-electron chi connectivity index (χ4n) is 3.90. The van der Waals surface area contributed by atoms with Crippen LogP contribution in [-0.2, 0) is 9.31 Å². The van der Waals surface area contributed by atoms with Crippen molar-refractivity contribution in [3.05, 3.63) is 72.9 Å². The summed E-state index contributed by atoms with van der Waals surface area (Å²) >= 11 is 0. The fraction of sp³-hybridized carbons (Fsp3) is 0.250. The van der Waals surface area contributed by atoms with Crippen molar-refractivity contribution in [1.82, 2.24) is 4.57 Å². The molecular formula is C24H24BNO2. The number of hydrogen-bond acceptors (Lipinski definition) is 2. The van der Waals surface area contributed by atoms with E-state index in [0.717, 1.165) is 16.7 Å². The van der Waals surface area contributed by atoms with Crippen LogP contribution >= 0.6 is 0 Å². The van der Waals surface area contributed by atoms with Gasteiger partial charge in [-0.2, -0.15) is 0 Å².